The van der Waals surface area contributed by atoms with Crippen molar-refractivity contribution < 1.29 is 37.5 Å². The van der Waals surface area contributed by atoms with E-state index in [-0.39, 0.29) is 44.5 Å². The minimum atomic E-state index is 0. The fourth-order valence-electron chi connectivity index (χ4n) is 1.85. The first kappa shape index (κ1) is 16.4. The van der Waals surface area contributed by atoms with Gasteiger partial charge in [0.25, 0.3) is 0 Å². The van der Waals surface area contributed by atoms with Gasteiger partial charge >= 0.3 is 0 Å². The molecule has 93 valence electrons. The predicted molar refractivity (Wildman–Crippen MR) is 72.4 cm³/mol. The van der Waals surface area contributed by atoms with Gasteiger partial charge in [-0.05, 0) is 6.07 Å². The third-order valence-corrected chi connectivity index (χ3v) is 3.74. The van der Waals surface area contributed by atoms with Crippen molar-refractivity contribution in [2.24, 2.45) is 5.92 Å². The van der Waals surface area contributed by atoms with E-state index in [4.69, 9.17) is 11.6 Å². The standard InChI is InChI=1S/C13H12BrClNO.Y/c1-8-3-6-12(16(2)13(8)17)10-5-4-9(15)7-11(10)14;/h4-5,7-8H,3H2,1-2H3;/q-1;. The third kappa shape index (κ3) is 3.24. The van der Waals surface area contributed by atoms with E-state index >= 15 is 0 Å². The van der Waals surface area contributed by atoms with E-state index in [1.807, 2.05) is 25.1 Å². The molecule has 1 aromatic carbocycles. The van der Waals surface area contributed by atoms with Crippen molar-refractivity contribution in [3.63, 3.8) is 0 Å². The number of amides is 1. The molecular formula is C13H12BrClNOY-. The van der Waals surface area contributed by atoms with Gasteiger partial charge < -0.3 is 4.90 Å². The van der Waals surface area contributed by atoms with E-state index in [0.717, 1.165) is 15.7 Å². The van der Waals surface area contributed by atoms with Crippen LogP contribution in [0.2, 0.25) is 5.02 Å². The van der Waals surface area contributed by atoms with Gasteiger partial charge in [0.05, 0.1) is 0 Å². The molecule has 2 rings (SSSR count). The van der Waals surface area contributed by atoms with Gasteiger partial charge in [0.1, 0.15) is 0 Å². The Morgan fingerprint density at radius 2 is 2.17 bits per heavy atom. The van der Waals surface area contributed by atoms with Crippen molar-refractivity contribution >= 4 is 39.1 Å². The minimum absolute atomic E-state index is 0. The summed E-state index contributed by atoms with van der Waals surface area (Å²) in [5.41, 5.74) is 1.76. The summed E-state index contributed by atoms with van der Waals surface area (Å²) >= 11 is 9.37. The number of halogens is 2. The maximum Gasteiger partial charge on any atom is 0.225 e. The van der Waals surface area contributed by atoms with Gasteiger partial charge in [-0.25, -0.2) is 6.08 Å². The Bertz CT molecular complexity index is 504. The van der Waals surface area contributed by atoms with Crippen LogP contribution in [0.1, 0.15) is 18.9 Å². The van der Waals surface area contributed by atoms with Gasteiger partial charge in [-0.1, -0.05) is 51.4 Å². The van der Waals surface area contributed by atoms with Gasteiger partial charge in [-0.2, -0.15) is 0 Å². The van der Waals surface area contributed by atoms with Crippen LogP contribution in [0.5, 0.6) is 0 Å². The van der Waals surface area contributed by atoms with Crippen LogP contribution in [-0.2, 0) is 37.5 Å². The Kier molecular flexibility index (Phi) is 6.04. The number of allylic oxidation sites excluding steroid dienone is 1. The van der Waals surface area contributed by atoms with E-state index in [2.05, 4.69) is 22.0 Å². The molecular weight excluding hydrogens is 390 g/mol. The zero-order chi connectivity index (χ0) is 12.6. The Labute approximate surface area is 146 Å². The average Bonchev–Trinajstić information content (AvgIpc) is 2.28. The van der Waals surface area contributed by atoms with E-state index in [1.54, 1.807) is 11.9 Å². The minimum Gasteiger partial charge on any atom is -0.350 e. The van der Waals surface area contributed by atoms with E-state index < -0.39 is 0 Å². The molecule has 1 amide bonds. The topological polar surface area (TPSA) is 20.3 Å². The molecule has 1 aliphatic rings. The first-order valence-electron chi connectivity index (χ1n) is 5.34. The molecule has 2 nitrogen and oxygen atoms in total. The molecule has 0 saturated heterocycles. The number of carbonyl (C=O) groups is 1. The molecule has 0 aromatic heterocycles. The molecule has 1 unspecified atom stereocenters. The van der Waals surface area contributed by atoms with Crippen LogP contribution < -0.4 is 0 Å². The van der Waals surface area contributed by atoms with Crippen molar-refractivity contribution in [3.05, 3.63) is 39.3 Å². The molecule has 5 heteroatoms. The van der Waals surface area contributed by atoms with Crippen molar-refractivity contribution in [1.82, 2.24) is 4.90 Å². The quantitative estimate of drug-likeness (QED) is 0.656. The second-order valence-corrected chi connectivity index (χ2v) is 5.44. The van der Waals surface area contributed by atoms with Gasteiger partial charge in [0.15, 0.2) is 0 Å². The summed E-state index contributed by atoms with van der Waals surface area (Å²) in [6.07, 6.45) is 3.93. The van der Waals surface area contributed by atoms with Crippen LogP contribution in [-0.4, -0.2) is 17.9 Å². The predicted octanol–water partition coefficient (Wildman–Crippen LogP) is 3.74. The van der Waals surface area contributed by atoms with Crippen LogP contribution in [0, 0.1) is 12.0 Å². The van der Waals surface area contributed by atoms with Gasteiger partial charge in [0, 0.05) is 50.7 Å². The molecule has 0 aliphatic carbocycles. The fraction of sp³-hybridized carbons (Fsp3) is 0.308. The van der Waals surface area contributed by atoms with Gasteiger partial charge in [0.2, 0.25) is 5.91 Å². The molecule has 18 heavy (non-hydrogen) atoms. The smallest absolute Gasteiger partial charge is 0.225 e. The van der Waals surface area contributed by atoms with Crippen LogP contribution in [0.15, 0.2) is 22.7 Å². The fourth-order valence-corrected chi connectivity index (χ4v) is 2.72. The molecule has 1 radical (unpaired) electrons. The summed E-state index contributed by atoms with van der Waals surface area (Å²) in [5, 5.41) is 0.666. The normalized spacial score (nSPS) is 19.3. The van der Waals surface area contributed by atoms with Gasteiger partial charge in [-0.3, -0.25) is 4.79 Å². The summed E-state index contributed by atoms with van der Waals surface area (Å²) in [5.74, 6) is 0.135. The number of rotatable bonds is 1. The van der Waals surface area contributed by atoms with Crippen molar-refractivity contribution in [2.45, 2.75) is 13.3 Å². The van der Waals surface area contributed by atoms with E-state index in [9.17, 15) is 4.79 Å². The Morgan fingerprint density at radius 3 is 2.78 bits per heavy atom. The molecule has 1 aliphatic heterocycles. The average molecular weight is 403 g/mol. The molecule has 1 aromatic rings. The number of hydrogen-bond donors (Lipinski definition) is 0. The molecule has 0 N–H and O–H groups in total. The molecule has 0 bridgehead atoms. The van der Waals surface area contributed by atoms with E-state index in [0.29, 0.717) is 11.4 Å². The number of benzene rings is 1. The maximum absolute atomic E-state index is 11.9. The Hall–Kier alpha value is 0.304. The first-order chi connectivity index (χ1) is 8.00. The Balaban J connectivity index is 0.00000162. The van der Waals surface area contributed by atoms with Crippen molar-refractivity contribution in [2.75, 3.05) is 7.05 Å². The SMILES string of the molecule is CC1C[C-]=C(c2ccc(Cl)cc2Br)N(C)C1=O.[Y]. The van der Waals surface area contributed by atoms with Crippen LogP contribution in [0.4, 0.5) is 0 Å². The second-order valence-electron chi connectivity index (χ2n) is 4.15. The van der Waals surface area contributed by atoms with E-state index in [1.165, 1.54) is 0 Å². The molecule has 1 heterocycles. The third-order valence-electron chi connectivity index (χ3n) is 2.85. The van der Waals surface area contributed by atoms with Crippen LogP contribution >= 0.6 is 27.5 Å². The summed E-state index contributed by atoms with van der Waals surface area (Å²) in [6.45, 7) is 1.92. The molecule has 0 saturated carbocycles. The zero-order valence-electron chi connectivity index (χ0n) is 10.2. The van der Waals surface area contributed by atoms with Crippen molar-refractivity contribution in [3.8, 4) is 0 Å². The first-order valence-corrected chi connectivity index (χ1v) is 6.51. The number of carbonyl (C=O) groups excluding carboxylic acids is 1. The van der Waals surface area contributed by atoms with Crippen LogP contribution in [0.25, 0.3) is 5.70 Å². The molecule has 0 spiro atoms. The number of hydrogen-bond acceptors (Lipinski definition) is 1. The van der Waals surface area contributed by atoms with Crippen molar-refractivity contribution in [1.29, 1.82) is 0 Å². The molecule has 0 fully saturated rings. The van der Waals surface area contributed by atoms with Crippen LogP contribution in [0.3, 0.4) is 0 Å². The zero-order valence-corrected chi connectivity index (χ0v) is 15.4. The summed E-state index contributed by atoms with van der Waals surface area (Å²) in [4.78, 5) is 13.6. The molecule has 1 atom stereocenters. The summed E-state index contributed by atoms with van der Waals surface area (Å²) in [6, 6.07) is 5.53. The largest absolute Gasteiger partial charge is 0.350 e. The maximum atomic E-state index is 11.9. The Morgan fingerprint density at radius 1 is 1.50 bits per heavy atom. The summed E-state index contributed by atoms with van der Waals surface area (Å²) < 4.78 is 0.877. The monoisotopic (exact) mass is 401 g/mol. The summed E-state index contributed by atoms with van der Waals surface area (Å²) in [7, 11) is 1.78. The number of nitrogens with zero attached hydrogens (tertiary/aromatic N) is 1. The van der Waals surface area contributed by atoms with Gasteiger partial charge in [-0.15, -0.1) is 17.3 Å². The second kappa shape index (κ2) is 6.65.